The Morgan fingerprint density at radius 2 is 1.92 bits per heavy atom. The first-order valence-electron chi connectivity index (χ1n) is 7.65. The Balaban J connectivity index is 1.42. The van der Waals surface area contributed by atoms with Crippen molar-refractivity contribution in [2.24, 2.45) is 0 Å². The molecule has 0 aliphatic rings. The number of carbonyl (C=O) groups is 1. The molecule has 124 valence electrons. The molecule has 1 N–H and O–H groups in total. The Morgan fingerprint density at radius 3 is 2.80 bits per heavy atom. The molecule has 4 aromatic rings. The van der Waals surface area contributed by atoms with Crippen molar-refractivity contribution in [2.45, 2.75) is 0 Å². The lowest BCUT2D eigenvalue weighted by Gasteiger charge is -2.07. The van der Waals surface area contributed by atoms with Gasteiger partial charge in [0.15, 0.2) is 11.7 Å². The molecule has 0 aliphatic heterocycles. The molecule has 0 saturated heterocycles. The Kier molecular flexibility index (Phi) is 4.03. The van der Waals surface area contributed by atoms with Gasteiger partial charge < -0.3 is 4.74 Å². The van der Waals surface area contributed by atoms with Crippen LogP contribution < -0.4 is 10.1 Å². The van der Waals surface area contributed by atoms with Crippen LogP contribution >= 0.6 is 11.3 Å². The van der Waals surface area contributed by atoms with Crippen molar-refractivity contribution >= 4 is 43.4 Å². The molecule has 0 atom stereocenters. The molecule has 0 spiro atoms. The normalized spacial score (nSPS) is 10.9. The molecule has 0 radical (unpaired) electrons. The van der Waals surface area contributed by atoms with Crippen LogP contribution in [0.25, 0.3) is 21.0 Å². The number of nitrogens with zero attached hydrogens (tertiary/aromatic N) is 1. The van der Waals surface area contributed by atoms with E-state index in [-0.39, 0.29) is 18.3 Å². The average molecular weight is 352 g/mol. The first kappa shape index (κ1) is 15.5. The van der Waals surface area contributed by atoms with Crippen molar-refractivity contribution in [1.29, 1.82) is 0 Å². The van der Waals surface area contributed by atoms with Crippen molar-refractivity contribution < 1.29 is 13.9 Å². The number of ether oxygens (including phenoxy) is 1. The van der Waals surface area contributed by atoms with Crippen LogP contribution in [-0.4, -0.2) is 17.5 Å². The number of halogens is 1. The summed E-state index contributed by atoms with van der Waals surface area (Å²) in [5.74, 6) is -0.0124. The van der Waals surface area contributed by atoms with Gasteiger partial charge in [0.05, 0.1) is 10.2 Å². The summed E-state index contributed by atoms with van der Waals surface area (Å²) in [5, 5.41) is 5.26. The highest BCUT2D eigenvalue weighted by Gasteiger charge is 2.09. The maximum atomic E-state index is 13.2. The van der Waals surface area contributed by atoms with Gasteiger partial charge in [-0.25, -0.2) is 9.37 Å². The second kappa shape index (κ2) is 6.49. The smallest absolute Gasteiger partial charge is 0.264 e. The Hall–Kier alpha value is -2.99. The highest BCUT2D eigenvalue weighted by atomic mass is 32.1. The monoisotopic (exact) mass is 352 g/mol. The van der Waals surface area contributed by atoms with Gasteiger partial charge in [-0.2, -0.15) is 0 Å². The van der Waals surface area contributed by atoms with Gasteiger partial charge in [-0.3, -0.25) is 10.1 Å². The molecule has 0 aliphatic carbocycles. The minimum Gasteiger partial charge on any atom is -0.484 e. The fraction of sp³-hybridized carbons (Fsp3) is 0.0526. The number of amides is 1. The lowest BCUT2D eigenvalue weighted by Crippen LogP contribution is -2.19. The highest BCUT2D eigenvalue weighted by molar-refractivity contribution is 7.22. The zero-order valence-electron chi connectivity index (χ0n) is 13.0. The lowest BCUT2D eigenvalue weighted by atomic mass is 10.1. The zero-order chi connectivity index (χ0) is 17.2. The molecule has 4 nitrogen and oxygen atoms in total. The summed E-state index contributed by atoms with van der Waals surface area (Å²) in [6.45, 7) is -0.122. The molecule has 0 bridgehead atoms. The van der Waals surface area contributed by atoms with Gasteiger partial charge in [0.2, 0.25) is 0 Å². The number of hydrogen-bond acceptors (Lipinski definition) is 4. The quantitative estimate of drug-likeness (QED) is 0.584. The van der Waals surface area contributed by atoms with Gasteiger partial charge in [-0.1, -0.05) is 41.7 Å². The third kappa shape index (κ3) is 3.44. The van der Waals surface area contributed by atoms with Crippen molar-refractivity contribution in [3.63, 3.8) is 0 Å². The number of carbonyl (C=O) groups excluding carboxylic acids is 1. The third-order valence-electron chi connectivity index (χ3n) is 3.69. The van der Waals surface area contributed by atoms with E-state index in [1.165, 1.54) is 23.5 Å². The Bertz CT molecular complexity index is 1080. The topological polar surface area (TPSA) is 51.2 Å². The van der Waals surface area contributed by atoms with Crippen molar-refractivity contribution in [3.8, 4) is 5.75 Å². The SMILES string of the molecule is O=C(COc1ccc2ccccc2c1)Nc1nc2ccc(F)cc2s1. The number of anilines is 1. The number of benzene rings is 3. The Morgan fingerprint density at radius 1 is 1.08 bits per heavy atom. The van der Waals surface area contributed by atoms with Crippen LogP contribution in [-0.2, 0) is 4.79 Å². The number of hydrogen-bond donors (Lipinski definition) is 1. The second-order valence-electron chi connectivity index (χ2n) is 5.48. The summed E-state index contributed by atoms with van der Waals surface area (Å²) in [4.78, 5) is 16.3. The summed E-state index contributed by atoms with van der Waals surface area (Å²) in [6, 6.07) is 17.9. The molecule has 4 rings (SSSR count). The lowest BCUT2D eigenvalue weighted by molar-refractivity contribution is -0.118. The van der Waals surface area contributed by atoms with Crippen molar-refractivity contribution in [3.05, 3.63) is 66.5 Å². The van der Waals surface area contributed by atoms with E-state index in [2.05, 4.69) is 10.3 Å². The molecular formula is C19H13FN2O2S. The highest BCUT2D eigenvalue weighted by Crippen LogP contribution is 2.26. The number of fused-ring (bicyclic) bond motifs is 2. The molecule has 0 saturated carbocycles. The molecule has 0 unspecified atom stereocenters. The van der Waals surface area contributed by atoms with E-state index >= 15 is 0 Å². The van der Waals surface area contributed by atoms with Crippen molar-refractivity contribution in [1.82, 2.24) is 4.98 Å². The van der Waals surface area contributed by atoms with Crippen LogP contribution in [0.2, 0.25) is 0 Å². The van der Waals surface area contributed by atoms with Crippen LogP contribution in [0.4, 0.5) is 9.52 Å². The van der Waals surface area contributed by atoms with Gasteiger partial charge in [0.25, 0.3) is 5.91 Å². The van der Waals surface area contributed by atoms with Crippen LogP contribution in [0, 0.1) is 5.82 Å². The summed E-state index contributed by atoms with van der Waals surface area (Å²) in [6.07, 6.45) is 0. The van der Waals surface area contributed by atoms with Crippen LogP contribution in [0.1, 0.15) is 0 Å². The molecule has 0 fully saturated rings. The summed E-state index contributed by atoms with van der Waals surface area (Å²) < 4.78 is 19.4. The van der Waals surface area contributed by atoms with E-state index in [1.54, 1.807) is 6.07 Å². The maximum absolute atomic E-state index is 13.2. The van der Waals surface area contributed by atoms with E-state index in [0.717, 1.165) is 10.8 Å². The third-order valence-corrected chi connectivity index (χ3v) is 4.62. The van der Waals surface area contributed by atoms with Gasteiger partial charge in [-0.05, 0) is 41.1 Å². The second-order valence-corrected chi connectivity index (χ2v) is 6.51. The molecule has 1 amide bonds. The number of thiazole rings is 1. The molecule has 3 aromatic carbocycles. The molecule has 1 aromatic heterocycles. The zero-order valence-corrected chi connectivity index (χ0v) is 13.8. The predicted molar refractivity (Wildman–Crippen MR) is 97.7 cm³/mol. The summed E-state index contributed by atoms with van der Waals surface area (Å²) in [5.41, 5.74) is 0.650. The minimum absolute atomic E-state index is 0.122. The van der Waals surface area contributed by atoms with E-state index in [9.17, 15) is 9.18 Å². The van der Waals surface area contributed by atoms with E-state index in [0.29, 0.717) is 21.1 Å². The van der Waals surface area contributed by atoms with Crippen LogP contribution in [0.3, 0.4) is 0 Å². The number of nitrogens with one attached hydrogen (secondary N) is 1. The molecule has 6 heteroatoms. The van der Waals surface area contributed by atoms with E-state index < -0.39 is 0 Å². The predicted octanol–water partition coefficient (Wildman–Crippen LogP) is 4.61. The number of aromatic nitrogens is 1. The summed E-state index contributed by atoms with van der Waals surface area (Å²) >= 11 is 1.22. The van der Waals surface area contributed by atoms with Crippen LogP contribution in [0.5, 0.6) is 5.75 Å². The summed E-state index contributed by atoms with van der Waals surface area (Å²) in [7, 11) is 0. The van der Waals surface area contributed by atoms with Gasteiger partial charge in [0.1, 0.15) is 11.6 Å². The molecular weight excluding hydrogens is 339 g/mol. The van der Waals surface area contributed by atoms with E-state index in [4.69, 9.17) is 4.74 Å². The Labute approximate surface area is 146 Å². The van der Waals surface area contributed by atoms with Gasteiger partial charge >= 0.3 is 0 Å². The average Bonchev–Trinajstić information content (AvgIpc) is 3.01. The fourth-order valence-electron chi connectivity index (χ4n) is 2.51. The first-order valence-corrected chi connectivity index (χ1v) is 8.46. The van der Waals surface area contributed by atoms with E-state index in [1.807, 2.05) is 42.5 Å². The largest absolute Gasteiger partial charge is 0.484 e. The molecule has 25 heavy (non-hydrogen) atoms. The minimum atomic E-state index is -0.325. The first-order chi connectivity index (χ1) is 12.2. The molecule has 1 heterocycles. The van der Waals surface area contributed by atoms with Gasteiger partial charge in [-0.15, -0.1) is 0 Å². The van der Waals surface area contributed by atoms with Gasteiger partial charge in [0, 0.05) is 0 Å². The van der Waals surface area contributed by atoms with Crippen LogP contribution in [0.15, 0.2) is 60.7 Å². The fourth-order valence-corrected chi connectivity index (χ4v) is 3.42. The van der Waals surface area contributed by atoms with Crippen molar-refractivity contribution in [2.75, 3.05) is 11.9 Å². The standard InChI is InChI=1S/C19H13FN2O2S/c20-14-6-8-16-17(10-14)25-19(21-16)22-18(23)11-24-15-7-5-12-3-1-2-4-13(12)9-15/h1-10H,11H2,(H,21,22,23). The maximum Gasteiger partial charge on any atom is 0.264 e. The number of rotatable bonds is 4.